The largest absolute Gasteiger partial charge is 0.381 e. The fourth-order valence-electron chi connectivity index (χ4n) is 1.25. The summed E-state index contributed by atoms with van der Waals surface area (Å²) in [7, 11) is 0. The summed E-state index contributed by atoms with van der Waals surface area (Å²) in [5, 5.41) is 0. The molecule has 10 heavy (non-hydrogen) atoms. The van der Waals surface area contributed by atoms with Crippen molar-refractivity contribution in [2.75, 3.05) is 19.9 Å². The Balaban J connectivity index is 2.25. The summed E-state index contributed by atoms with van der Waals surface area (Å²) in [4.78, 5) is 0. The molecule has 1 heterocycles. The Hall–Kier alpha value is -0.150. The smallest absolute Gasteiger partial charge is 0.0898 e. The molecule has 0 aliphatic carbocycles. The van der Waals surface area contributed by atoms with Crippen LogP contribution in [0.15, 0.2) is 0 Å². The van der Waals surface area contributed by atoms with Crippen molar-refractivity contribution in [2.24, 2.45) is 11.7 Å². The number of hydrogen-bond acceptors (Lipinski definition) is 2. The Morgan fingerprint density at radius 3 is 3.00 bits per heavy atom. The number of hydrogen-bond donors (Lipinski definition) is 1. The van der Waals surface area contributed by atoms with E-state index in [9.17, 15) is 4.39 Å². The summed E-state index contributed by atoms with van der Waals surface area (Å²) in [6.07, 6.45) is 1.44. The van der Waals surface area contributed by atoms with E-state index in [0.717, 1.165) is 13.0 Å². The minimum atomic E-state index is -0.276. The van der Waals surface area contributed by atoms with E-state index in [1.165, 1.54) is 0 Å². The molecule has 2 nitrogen and oxygen atoms in total. The summed E-state index contributed by atoms with van der Waals surface area (Å²) in [6.45, 7) is 1.11. The molecule has 60 valence electrons. The van der Waals surface area contributed by atoms with Gasteiger partial charge in [0.25, 0.3) is 0 Å². The molecule has 0 aromatic rings. The molecule has 3 heteroatoms. The molecule has 0 aromatic heterocycles. The average molecular weight is 147 g/mol. The van der Waals surface area contributed by atoms with Gasteiger partial charge in [-0.05, 0) is 18.8 Å². The summed E-state index contributed by atoms with van der Waals surface area (Å²) in [6, 6.07) is 0.157. The van der Waals surface area contributed by atoms with Gasteiger partial charge in [0.2, 0.25) is 0 Å². The lowest BCUT2D eigenvalue weighted by Crippen LogP contribution is -2.38. The van der Waals surface area contributed by atoms with Crippen molar-refractivity contribution >= 4 is 0 Å². The first-order valence-corrected chi connectivity index (χ1v) is 3.74. The Labute approximate surface area is 60.5 Å². The van der Waals surface area contributed by atoms with Crippen molar-refractivity contribution in [1.29, 1.82) is 0 Å². The number of ether oxygens (including phenoxy) is 1. The lowest BCUT2D eigenvalue weighted by molar-refractivity contribution is 0.0363. The monoisotopic (exact) mass is 147 g/mol. The van der Waals surface area contributed by atoms with Crippen LogP contribution in [0.3, 0.4) is 0 Å². The second kappa shape index (κ2) is 3.88. The van der Waals surface area contributed by atoms with Gasteiger partial charge in [0, 0.05) is 12.6 Å². The molecule has 1 rings (SSSR count). The normalized spacial score (nSPS) is 34.2. The van der Waals surface area contributed by atoms with E-state index in [0.29, 0.717) is 13.0 Å². The van der Waals surface area contributed by atoms with Gasteiger partial charge in [-0.1, -0.05) is 0 Å². The second-order valence-electron chi connectivity index (χ2n) is 2.77. The highest BCUT2D eigenvalue weighted by Gasteiger charge is 2.21. The van der Waals surface area contributed by atoms with Crippen molar-refractivity contribution in [1.82, 2.24) is 0 Å². The zero-order valence-corrected chi connectivity index (χ0v) is 6.05. The summed E-state index contributed by atoms with van der Waals surface area (Å²) in [5.74, 6) is 0.249. The third-order valence-electron chi connectivity index (χ3n) is 2.01. The van der Waals surface area contributed by atoms with Crippen LogP contribution >= 0.6 is 0 Å². The number of alkyl halides is 1. The van der Waals surface area contributed by atoms with Crippen LogP contribution < -0.4 is 5.73 Å². The van der Waals surface area contributed by atoms with Crippen molar-refractivity contribution in [3.05, 3.63) is 0 Å². The van der Waals surface area contributed by atoms with Crippen LogP contribution in [0.25, 0.3) is 0 Å². The maximum absolute atomic E-state index is 11.8. The van der Waals surface area contributed by atoms with Crippen molar-refractivity contribution < 1.29 is 9.13 Å². The standard InChI is InChI=1S/C7H14FNO/c8-3-1-6-5-10-4-2-7(6)9/h6-7H,1-5,9H2. The summed E-state index contributed by atoms with van der Waals surface area (Å²) < 4.78 is 17.0. The van der Waals surface area contributed by atoms with Gasteiger partial charge in [-0.3, -0.25) is 4.39 Å². The lowest BCUT2D eigenvalue weighted by Gasteiger charge is -2.27. The SMILES string of the molecule is NC1CCOCC1CCF. The van der Waals surface area contributed by atoms with E-state index in [4.69, 9.17) is 10.5 Å². The van der Waals surface area contributed by atoms with E-state index in [1.807, 2.05) is 0 Å². The van der Waals surface area contributed by atoms with Gasteiger partial charge in [-0.2, -0.15) is 0 Å². The van der Waals surface area contributed by atoms with Gasteiger partial charge in [-0.25, -0.2) is 0 Å². The van der Waals surface area contributed by atoms with Crippen LogP contribution in [0.1, 0.15) is 12.8 Å². The predicted molar refractivity (Wildman–Crippen MR) is 37.5 cm³/mol. The fraction of sp³-hybridized carbons (Fsp3) is 1.00. The molecule has 0 bridgehead atoms. The average Bonchev–Trinajstić information content (AvgIpc) is 1.94. The Morgan fingerprint density at radius 1 is 1.60 bits per heavy atom. The van der Waals surface area contributed by atoms with Crippen LogP contribution in [0.2, 0.25) is 0 Å². The minimum absolute atomic E-state index is 0.157. The molecule has 2 atom stereocenters. The molecule has 2 N–H and O–H groups in total. The molecule has 0 radical (unpaired) electrons. The third-order valence-corrected chi connectivity index (χ3v) is 2.01. The first kappa shape index (κ1) is 7.95. The predicted octanol–water partition coefficient (Wildman–Crippen LogP) is 0.710. The Bertz CT molecular complexity index is 97.6. The van der Waals surface area contributed by atoms with E-state index < -0.39 is 0 Å². The molecule has 0 saturated carbocycles. The van der Waals surface area contributed by atoms with Crippen LogP contribution in [-0.2, 0) is 4.74 Å². The van der Waals surface area contributed by atoms with E-state index >= 15 is 0 Å². The molecule has 1 aliphatic heterocycles. The topological polar surface area (TPSA) is 35.2 Å². The molecular weight excluding hydrogens is 133 g/mol. The van der Waals surface area contributed by atoms with Crippen LogP contribution in [0.4, 0.5) is 4.39 Å². The van der Waals surface area contributed by atoms with Gasteiger partial charge in [-0.15, -0.1) is 0 Å². The highest BCUT2D eigenvalue weighted by Crippen LogP contribution is 2.15. The highest BCUT2D eigenvalue weighted by molar-refractivity contribution is 4.75. The Morgan fingerprint density at radius 2 is 2.40 bits per heavy atom. The first-order valence-electron chi connectivity index (χ1n) is 3.74. The highest BCUT2D eigenvalue weighted by atomic mass is 19.1. The maximum atomic E-state index is 11.8. The van der Waals surface area contributed by atoms with E-state index in [1.54, 1.807) is 0 Å². The Kier molecular flexibility index (Phi) is 3.09. The van der Waals surface area contributed by atoms with Crippen LogP contribution in [0.5, 0.6) is 0 Å². The molecule has 0 aromatic carbocycles. The van der Waals surface area contributed by atoms with Crippen molar-refractivity contribution in [3.8, 4) is 0 Å². The number of halogens is 1. The van der Waals surface area contributed by atoms with Crippen molar-refractivity contribution in [3.63, 3.8) is 0 Å². The van der Waals surface area contributed by atoms with Gasteiger partial charge in [0.15, 0.2) is 0 Å². The quantitative estimate of drug-likeness (QED) is 0.624. The number of nitrogens with two attached hydrogens (primary N) is 1. The second-order valence-corrected chi connectivity index (χ2v) is 2.77. The molecule has 1 aliphatic rings. The van der Waals surface area contributed by atoms with Crippen LogP contribution in [0, 0.1) is 5.92 Å². The molecule has 0 spiro atoms. The van der Waals surface area contributed by atoms with Crippen molar-refractivity contribution in [2.45, 2.75) is 18.9 Å². The van der Waals surface area contributed by atoms with Gasteiger partial charge >= 0.3 is 0 Å². The molecular formula is C7H14FNO. The molecule has 0 amide bonds. The summed E-state index contributed by atoms with van der Waals surface area (Å²) >= 11 is 0. The molecule has 1 fully saturated rings. The summed E-state index contributed by atoms with van der Waals surface area (Å²) in [5.41, 5.74) is 5.72. The lowest BCUT2D eigenvalue weighted by atomic mass is 9.94. The molecule has 2 unspecified atom stereocenters. The maximum Gasteiger partial charge on any atom is 0.0898 e. The van der Waals surface area contributed by atoms with Gasteiger partial charge < -0.3 is 10.5 Å². The number of rotatable bonds is 2. The fourth-order valence-corrected chi connectivity index (χ4v) is 1.25. The zero-order valence-electron chi connectivity index (χ0n) is 6.05. The van der Waals surface area contributed by atoms with Gasteiger partial charge in [0.1, 0.15) is 0 Å². The minimum Gasteiger partial charge on any atom is -0.381 e. The van der Waals surface area contributed by atoms with E-state index in [-0.39, 0.29) is 18.6 Å². The first-order chi connectivity index (χ1) is 4.84. The molecule has 1 saturated heterocycles. The van der Waals surface area contributed by atoms with Crippen LogP contribution in [-0.4, -0.2) is 25.9 Å². The zero-order chi connectivity index (χ0) is 7.40. The third kappa shape index (κ3) is 1.92. The van der Waals surface area contributed by atoms with Gasteiger partial charge in [0.05, 0.1) is 13.3 Å². The van der Waals surface area contributed by atoms with E-state index in [2.05, 4.69) is 0 Å².